The highest BCUT2D eigenvalue weighted by Crippen LogP contribution is 2.31. The summed E-state index contributed by atoms with van der Waals surface area (Å²) in [6.07, 6.45) is 2.72. The third-order valence-corrected chi connectivity index (χ3v) is 4.78. The number of hydrogen-bond donors (Lipinski definition) is 0. The Labute approximate surface area is 158 Å². The molecule has 1 aromatic heterocycles. The molecule has 0 amide bonds. The Bertz CT molecular complexity index is 957. The van der Waals surface area contributed by atoms with Crippen molar-refractivity contribution in [2.75, 3.05) is 18.1 Å². The van der Waals surface area contributed by atoms with Crippen molar-refractivity contribution >= 4 is 5.69 Å². The Morgan fingerprint density at radius 1 is 1.19 bits per heavy atom. The molecule has 1 fully saturated rings. The van der Waals surface area contributed by atoms with Crippen molar-refractivity contribution in [3.8, 4) is 6.07 Å². The lowest BCUT2D eigenvalue weighted by atomic mass is 10.1. The number of aryl methyl sites for hydroxylation is 1. The zero-order valence-corrected chi connectivity index (χ0v) is 15.2. The van der Waals surface area contributed by atoms with Gasteiger partial charge in [-0.2, -0.15) is 5.26 Å². The van der Waals surface area contributed by atoms with E-state index in [2.05, 4.69) is 52.5 Å². The van der Waals surface area contributed by atoms with Gasteiger partial charge in [-0.25, -0.2) is 4.68 Å². The summed E-state index contributed by atoms with van der Waals surface area (Å²) < 4.78 is 7.71. The van der Waals surface area contributed by atoms with E-state index in [1.54, 1.807) is 10.7 Å². The van der Waals surface area contributed by atoms with Gasteiger partial charge < -0.3 is 9.64 Å². The second kappa shape index (κ2) is 7.60. The highest BCUT2D eigenvalue weighted by atomic mass is 16.5. The van der Waals surface area contributed by atoms with E-state index in [0.717, 1.165) is 29.9 Å². The molecule has 0 saturated carbocycles. The standard InChI is InChI=1S/C21H21N5O/c1-2-16-6-8-19(9-7-16)26-10-11-27-21(26)20-15-25(24-23-20)14-18-5-3-4-17(12-18)13-22/h3-9,12,15,21H,2,10-11,14H2,1H3. The first-order valence-corrected chi connectivity index (χ1v) is 9.13. The summed E-state index contributed by atoms with van der Waals surface area (Å²) in [5, 5.41) is 17.6. The first-order chi connectivity index (χ1) is 13.3. The molecule has 6 heteroatoms. The van der Waals surface area contributed by atoms with E-state index in [4.69, 9.17) is 10.00 Å². The van der Waals surface area contributed by atoms with Gasteiger partial charge in [0.05, 0.1) is 31.0 Å². The van der Waals surface area contributed by atoms with E-state index in [0.29, 0.717) is 18.7 Å². The molecule has 6 nitrogen and oxygen atoms in total. The van der Waals surface area contributed by atoms with Gasteiger partial charge in [0, 0.05) is 12.2 Å². The second-order valence-electron chi connectivity index (χ2n) is 6.59. The lowest BCUT2D eigenvalue weighted by molar-refractivity contribution is 0.110. The molecule has 0 spiro atoms. The van der Waals surface area contributed by atoms with Gasteiger partial charge in [-0.05, 0) is 41.8 Å². The number of aromatic nitrogens is 3. The summed E-state index contributed by atoms with van der Waals surface area (Å²) in [5.74, 6) is 0. The van der Waals surface area contributed by atoms with Gasteiger partial charge in [0.2, 0.25) is 0 Å². The third kappa shape index (κ3) is 3.69. The smallest absolute Gasteiger partial charge is 0.177 e. The molecule has 0 radical (unpaired) electrons. The molecular formula is C21H21N5O. The van der Waals surface area contributed by atoms with Crippen LogP contribution in [0.5, 0.6) is 0 Å². The summed E-state index contributed by atoms with van der Waals surface area (Å²) in [7, 11) is 0. The van der Waals surface area contributed by atoms with Gasteiger partial charge in [-0.1, -0.05) is 36.4 Å². The summed E-state index contributed by atoms with van der Waals surface area (Å²) in [6, 6.07) is 18.3. The van der Waals surface area contributed by atoms with Gasteiger partial charge in [-0.15, -0.1) is 5.10 Å². The fraction of sp³-hybridized carbons (Fsp3) is 0.286. The lowest BCUT2D eigenvalue weighted by Gasteiger charge is -2.23. The van der Waals surface area contributed by atoms with Gasteiger partial charge in [0.1, 0.15) is 5.69 Å². The molecule has 0 bridgehead atoms. The van der Waals surface area contributed by atoms with Crippen molar-refractivity contribution in [3.05, 3.63) is 77.1 Å². The molecular weight excluding hydrogens is 338 g/mol. The number of nitriles is 1. The van der Waals surface area contributed by atoms with Crippen molar-refractivity contribution in [1.82, 2.24) is 15.0 Å². The number of hydrogen-bond acceptors (Lipinski definition) is 5. The van der Waals surface area contributed by atoms with Gasteiger partial charge in [-0.3, -0.25) is 0 Å². The average Bonchev–Trinajstić information content (AvgIpc) is 3.37. The minimum atomic E-state index is -0.225. The minimum Gasteiger partial charge on any atom is -0.350 e. The molecule has 1 atom stereocenters. The van der Waals surface area contributed by atoms with Crippen LogP contribution in [0.3, 0.4) is 0 Å². The molecule has 1 aliphatic heterocycles. The Morgan fingerprint density at radius 2 is 2.04 bits per heavy atom. The molecule has 27 heavy (non-hydrogen) atoms. The molecule has 4 rings (SSSR count). The van der Waals surface area contributed by atoms with E-state index in [1.807, 2.05) is 24.4 Å². The van der Waals surface area contributed by atoms with Crippen molar-refractivity contribution in [2.24, 2.45) is 0 Å². The minimum absolute atomic E-state index is 0.225. The van der Waals surface area contributed by atoms with Gasteiger partial charge in [0.25, 0.3) is 0 Å². The molecule has 2 aromatic carbocycles. The predicted molar refractivity (Wildman–Crippen MR) is 102 cm³/mol. The van der Waals surface area contributed by atoms with Crippen molar-refractivity contribution < 1.29 is 4.74 Å². The Morgan fingerprint density at radius 3 is 2.81 bits per heavy atom. The van der Waals surface area contributed by atoms with Gasteiger partial charge >= 0.3 is 0 Å². The van der Waals surface area contributed by atoms with Crippen molar-refractivity contribution in [3.63, 3.8) is 0 Å². The van der Waals surface area contributed by atoms with Crippen LogP contribution in [0.25, 0.3) is 0 Å². The summed E-state index contributed by atoms with van der Waals surface area (Å²) >= 11 is 0. The van der Waals surface area contributed by atoms with Crippen LogP contribution >= 0.6 is 0 Å². The molecule has 136 valence electrons. The van der Waals surface area contributed by atoms with Crippen LogP contribution in [-0.2, 0) is 17.7 Å². The average molecular weight is 359 g/mol. The molecule has 1 aliphatic rings. The SMILES string of the molecule is CCc1ccc(N2CCOC2c2cn(Cc3cccc(C#N)c3)nn2)cc1. The van der Waals surface area contributed by atoms with Crippen LogP contribution in [0.2, 0.25) is 0 Å². The van der Waals surface area contributed by atoms with Crippen LogP contribution in [-0.4, -0.2) is 28.1 Å². The maximum absolute atomic E-state index is 9.04. The maximum Gasteiger partial charge on any atom is 0.177 e. The van der Waals surface area contributed by atoms with E-state index in [-0.39, 0.29) is 6.23 Å². The van der Waals surface area contributed by atoms with E-state index < -0.39 is 0 Å². The Balaban J connectivity index is 1.52. The second-order valence-corrected chi connectivity index (χ2v) is 6.59. The first-order valence-electron chi connectivity index (χ1n) is 9.13. The van der Waals surface area contributed by atoms with Gasteiger partial charge in [0.15, 0.2) is 6.23 Å². The monoisotopic (exact) mass is 359 g/mol. The molecule has 0 aliphatic carbocycles. The Hall–Kier alpha value is -3.17. The van der Waals surface area contributed by atoms with Crippen LogP contribution in [0, 0.1) is 11.3 Å². The first kappa shape index (κ1) is 17.3. The quantitative estimate of drug-likeness (QED) is 0.699. The number of ether oxygens (including phenoxy) is 1. The molecule has 0 N–H and O–H groups in total. The van der Waals surface area contributed by atoms with E-state index >= 15 is 0 Å². The molecule has 1 saturated heterocycles. The number of nitrogens with zero attached hydrogens (tertiary/aromatic N) is 5. The normalized spacial score (nSPS) is 16.4. The summed E-state index contributed by atoms with van der Waals surface area (Å²) in [4.78, 5) is 2.21. The van der Waals surface area contributed by atoms with Crippen LogP contribution in [0.15, 0.2) is 54.7 Å². The van der Waals surface area contributed by atoms with Crippen molar-refractivity contribution in [1.29, 1.82) is 5.26 Å². The van der Waals surface area contributed by atoms with Crippen LogP contribution < -0.4 is 4.90 Å². The fourth-order valence-corrected chi connectivity index (χ4v) is 3.33. The maximum atomic E-state index is 9.04. The summed E-state index contributed by atoms with van der Waals surface area (Å²) in [6.45, 7) is 4.21. The largest absolute Gasteiger partial charge is 0.350 e. The zero-order valence-electron chi connectivity index (χ0n) is 15.2. The van der Waals surface area contributed by atoms with Crippen LogP contribution in [0.1, 0.15) is 35.5 Å². The zero-order chi connectivity index (χ0) is 18.6. The number of benzene rings is 2. The fourth-order valence-electron chi connectivity index (χ4n) is 3.33. The highest BCUT2D eigenvalue weighted by molar-refractivity contribution is 5.49. The van der Waals surface area contributed by atoms with E-state index in [1.165, 1.54) is 5.56 Å². The van der Waals surface area contributed by atoms with Crippen molar-refractivity contribution in [2.45, 2.75) is 26.1 Å². The topological polar surface area (TPSA) is 67.0 Å². The lowest BCUT2D eigenvalue weighted by Crippen LogP contribution is -2.23. The predicted octanol–water partition coefficient (Wildman–Crippen LogP) is 3.30. The molecule has 1 unspecified atom stereocenters. The third-order valence-electron chi connectivity index (χ3n) is 4.78. The summed E-state index contributed by atoms with van der Waals surface area (Å²) in [5.41, 5.74) is 4.91. The number of anilines is 1. The van der Waals surface area contributed by atoms with Crippen LogP contribution in [0.4, 0.5) is 5.69 Å². The molecule has 3 aromatic rings. The van der Waals surface area contributed by atoms with E-state index in [9.17, 15) is 0 Å². The number of rotatable bonds is 5. The highest BCUT2D eigenvalue weighted by Gasteiger charge is 2.29. The Kier molecular flexibility index (Phi) is 4.86. The molecule has 2 heterocycles.